The molecule has 2 heterocycles. The number of benzene rings is 1. The van der Waals surface area contributed by atoms with E-state index in [-0.39, 0.29) is 17.4 Å². The maximum Gasteiger partial charge on any atom is 0.229 e. The van der Waals surface area contributed by atoms with Crippen LogP contribution in [0.15, 0.2) is 24.3 Å². The molecule has 0 radical (unpaired) electrons. The molecule has 1 saturated heterocycles. The van der Waals surface area contributed by atoms with Crippen LogP contribution in [0, 0.1) is 0 Å². The molecule has 0 aliphatic carbocycles. The average Bonchev–Trinajstić information content (AvgIpc) is 2.47. The molecule has 1 aromatic carbocycles. The Bertz CT molecular complexity index is 495. The predicted molar refractivity (Wildman–Crippen MR) is 77.5 cm³/mol. The van der Waals surface area contributed by atoms with Gasteiger partial charge in [0.25, 0.3) is 0 Å². The summed E-state index contributed by atoms with van der Waals surface area (Å²) in [5.41, 5.74) is 2.28. The third kappa shape index (κ3) is 2.72. The van der Waals surface area contributed by atoms with E-state index in [0.717, 1.165) is 39.1 Å². The summed E-state index contributed by atoms with van der Waals surface area (Å²) in [6, 6.07) is 8.21. The normalized spacial score (nSPS) is 24.8. The van der Waals surface area contributed by atoms with Gasteiger partial charge >= 0.3 is 0 Å². The molecule has 108 valence electrons. The molecule has 2 aliphatic heterocycles. The molecule has 0 bridgehead atoms. The van der Waals surface area contributed by atoms with Crippen molar-refractivity contribution in [1.29, 1.82) is 0 Å². The number of hydrogen-bond acceptors (Lipinski definition) is 3. The molecule has 1 amide bonds. The SMILES string of the molecule is CC1(NC(=O)C2CNCc3ccccc32)CCOCC1. The predicted octanol–water partition coefficient (Wildman–Crippen LogP) is 1.56. The summed E-state index contributed by atoms with van der Waals surface area (Å²) in [4.78, 5) is 12.6. The molecule has 4 nitrogen and oxygen atoms in total. The number of ether oxygens (including phenoxy) is 1. The van der Waals surface area contributed by atoms with Crippen molar-refractivity contribution in [1.82, 2.24) is 10.6 Å². The van der Waals surface area contributed by atoms with E-state index in [9.17, 15) is 4.79 Å². The zero-order valence-corrected chi connectivity index (χ0v) is 11.9. The summed E-state index contributed by atoms with van der Waals surface area (Å²) in [6.07, 6.45) is 1.78. The lowest BCUT2D eigenvalue weighted by molar-refractivity contribution is -0.125. The summed E-state index contributed by atoms with van der Waals surface area (Å²) in [6.45, 7) is 5.16. The molecule has 2 N–H and O–H groups in total. The van der Waals surface area contributed by atoms with Crippen molar-refractivity contribution in [2.24, 2.45) is 0 Å². The molecule has 1 unspecified atom stereocenters. The molecule has 4 heteroatoms. The van der Waals surface area contributed by atoms with Gasteiger partial charge in [0.2, 0.25) is 5.91 Å². The highest BCUT2D eigenvalue weighted by atomic mass is 16.5. The fourth-order valence-corrected chi connectivity index (χ4v) is 3.06. The molecule has 0 spiro atoms. The van der Waals surface area contributed by atoms with Gasteiger partial charge in [-0.3, -0.25) is 4.79 Å². The second-order valence-corrected chi connectivity index (χ2v) is 6.04. The van der Waals surface area contributed by atoms with Crippen molar-refractivity contribution in [2.45, 2.75) is 37.8 Å². The monoisotopic (exact) mass is 274 g/mol. The Morgan fingerprint density at radius 3 is 2.90 bits per heavy atom. The van der Waals surface area contributed by atoms with Crippen LogP contribution in [0.5, 0.6) is 0 Å². The second kappa shape index (κ2) is 5.54. The van der Waals surface area contributed by atoms with Gasteiger partial charge in [-0.05, 0) is 30.9 Å². The summed E-state index contributed by atoms with van der Waals surface area (Å²) in [5, 5.41) is 6.58. The van der Waals surface area contributed by atoms with Crippen LogP contribution in [-0.2, 0) is 16.1 Å². The molecule has 1 atom stereocenters. The lowest BCUT2D eigenvalue weighted by Gasteiger charge is -2.36. The van der Waals surface area contributed by atoms with Crippen LogP contribution in [0.2, 0.25) is 0 Å². The van der Waals surface area contributed by atoms with Crippen LogP contribution in [0.3, 0.4) is 0 Å². The van der Waals surface area contributed by atoms with Crippen molar-refractivity contribution in [3.63, 3.8) is 0 Å². The Balaban J connectivity index is 1.75. The van der Waals surface area contributed by atoms with Crippen LogP contribution in [0.4, 0.5) is 0 Å². The molecule has 1 fully saturated rings. The lowest BCUT2D eigenvalue weighted by atomic mass is 9.87. The van der Waals surface area contributed by atoms with Crippen molar-refractivity contribution in [2.75, 3.05) is 19.8 Å². The summed E-state index contributed by atoms with van der Waals surface area (Å²) in [7, 11) is 0. The van der Waals surface area contributed by atoms with Gasteiger partial charge in [0.1, 0.15) is 0 Å². The average molecular weight is 274 g/mol. The molecule has 3 rings (SSSR count). The molecule has 2 aliphatic rings. The maximum atomic E-state index is 12.6. The van der Waals surface area contributed by atoms with Crippen LogP contribution in [-0.4, -0.2) is 31.2 Å². The highest BCUT2D eigenvalue weighted by Crippen LogP contribution is 2.26. The number of carbonyl (C=O) groups is 1. The topological polar surface area (TPSA) is 50.4 Å². The Kier molecular flexibility index (Phi) is 3.76. The zero-order chi connectivity index (χ0) is 14.0. The lowest BCUT2D eigenvalue weighted by Crippen LogP contribution is -2.52. The van der Waals surface area contributed by atoms with E-state index >= 15 is 0 Å². The van der Waals surface area contributed by atoms with E-state index in [2.05, 4.69) is 29.7 Å². The van der Waals surface area contributed by atoms with Gasteiger partial charge in [0, 0.05) is 31.8 Å². The first-order valence-corrected chi connectivity index (χ1v) is 7.36. The van der Waals surface area contributed by atoms with Crippen molar-refractivity contribution in [3.05, 3.63) is 35.4 Å². The minimum absolute atomic E-state index is 0.0837. The quantitative estimate of drug-likeness (QED) is 0.860. The number of amides is 1. The number of carbonyl (C=O) groups excluding carboxylic acids is 1. The van der Waals surface area contributed by atoms with Gasteiger partial charge in [-0.25, -0.2) is 0 Å². The minimum Gasteiger partial charge on any atom is -0.381 e. The Morgan fingerprint density at radius 2 is 2.10 bits per heavy atom. The van der Waals surface area contributed by atoms with Gasteiger partial charge in [0.15, 0.2) is 0 Å². The second-order valence-electron chi connectivity index (χ2n) is 6.04. The van der Waals surface area contributed by atoms with Gasteiger partial charge in [0.05, 0.1) is 5.92 Å². The third-order valence-electron chi connectivity index (χ3n) is 4.43. The van der Waals surface area contributed by atoms with Crippen LogP contribution < -0.4 is 10.6 Å². The molecule has 1 aromatic rings. The van der Waals surface area contributed by atoms with Crippen LogP contribution >= 0.6 is 0 Å². The fraction of sp³-hybridized carbons (Fsp3) is 0.562. The smallest absolute Gasteiger partial charge is 0.229 e. The first-order valence-electron chi connectivity index (χ1n) is 7.36. The summed E-state index contributed by atoms with van der Waals surface area (Å²) < 4.78 is 5.38. The van der Waals surface area contributed by atoms with Gasteiger partial charge in [-0.2, -0.15) is 0 Å². The van der Waals surface area contributed by atoms with E-state index in [4.69, 9.17) is 4.74 Å². The highest BCUT2D eigenvalue weighted by Gasteiger charge is 2.33. The first kappa shape index (κ1) is 13.6. The molecular weight excluding hydrogens is 252 g/mol. The van der Waals surface area contributed by atoms with Crippen molar-refractivity contribution in [3.8, 4) is 0 Å². The number of nitrogens with one attached hydrogen (secondary N) is 2. The van der Waals surface area contributed by atoms with Crippen LogP contribution in [0.1, 0.15) is 36.8 Å². The van der Waals surface area contributed by atoms with Gasteiger partial charge in [-0.1, -0.05) is 24.3 Å². The Hall–Kier alpha value is -1.39. The zero-order valence-electron chi connectivity index (χ0n) is 11.9. The largest absolute Gasteiger partial charge is 0.381 e. The minimum atomic E-state index is -0.123. The van der Waals surface area contributed by atoms with Crippen molar-refractivity contribution < 1.29 is 9.53 Å². The summed E-state index contributed by atoms with van der Waals surface area (Å²) >= 11 is 0. The van der Waals surface area contributed by atoms with E-state index in [1.165, 1.54) is 11.1 Å². The standard InChI is InChI=1S/C16H22N2O2/c1-16(6-8-20-9-7-16)18-15(19)14-11-17-10-12-4-2-3-5-13(12)14/h2-5,14,17H,6-11H2,1H3,(H,18,19). The maximum absolute atomic E-state index is 12.6. The highest BCUT2D eigenvalue weighted by molar-refractivity contribution is 5.85. The molecule has 0 saturated carbocycles. The van der Waals surface area contributed by atoms with Crippen molar-refractivity contribution >= 4 is 5.91 Å². The molecule has 0 aromatic heterocycles. The number of fused-ring (bicyclic) bond motifs is 1. The molecular formula is C16H22N2O2. The van der Waals surface area contributed by atoms with Crippen LogP contribution in [0.25, 0.3) is 0 Å². The van der Waals surface area contributed by atoms with E-state index in [1.54, 1.807) is 0 Å². The summed E-state index contributed by atoms with van der Waals surface area (Å²) in [5.74, 6) is 0.0497. The third-order valence-corrected chi connectivity index (χ3v) is 4.43. The Morgan fingerprint density at radius 1 is 1.35 bits per heavy atom. The first-order chi connectivity index (χ1) is 9.68. The molecule has 20 heavy (non-hydrogen) atoms. The number of rotatable bonds is 2. The number of hydrogen-bond donors (Lipinski definition) is 2. The van der Waals surface area contributed by atoms with E-state index in [0.29, 0.717) is 0 Å². The fourth-order valence-electron chi connectivity index (χ4n) is 3.06. The van der Waals surface area contributed by atoms with E-state index in [1.807, 2.05) is 12.1 Å². The van der Waals surface area contributed by atoms with E-state index < -0.39 is 0 Å². The van der Waals surface area contributed by atoms with Gasteiger partial charge in [-0.15, -0.1) is 0 Å². The van der Waals surface area contributed by atoms with Gasteiger partial charge < -0.3 is 15.4 Å². The Labute approximate surface area is 119 Å².